The summed E-state index contributed by atoms with van der Waals surface area (Å²) >= 11 is 0. The third-order valence-electron chi connectivity index (χ3n) is 14.8. The maximum Gasteiger partial charge on any atom is 0.348 e. The molecule has 0 aliphatic rings. The van der Waals surface area contributed by atoms with E-state index in [1.807, 2.05) is 117 Å². The van der Waals surface area contributed by atoms with E-state index < -0.39 is 11.2 Å². The van der Waals surface area contributed by atoms with Gasteiger partial charge in [0.05, 0.1) is 78.8 Å². The molecule has 14 aromatic rings. The first-order chi connectivity index (χ1) is 46.7. The molecule has 0 spiro atoms. The molecule has 0 fully saturated rings. The van der Waals surface area contributed by atoms with Gasteiger partial charge in [0.15, 0.2) is 0 Å². The number of aryl methyl sites for hydroxylation is 2. The van der Waals surface area contributed by atoms with Crippen molar-refractivity contribution in [2.24, 2.45) is 0 Å². The number of H-pyrrole nitrogens is 1. The lowest BCUT2D eigenvalue weighted by Gasteiger charge is -2.05. The van der Waals surface area contributed by atoms with Gasteiger partial charge in [0.1, 0.15) is 49.2 Å². The van der Waals surface area contributed by atoms with Crippen molar-refractivity contribution in [1.29, 1.82) is 0 Å². The van der Waals surface area contributed by atoms with Crippen molar-refractivity contribution in [3.05, 3.63) is 269 Å². The number of para-hydroxylation sites is 6. The van der Waals surface area contributed by atoms with Gasteiger partial charge in [-0.1, -0.05) is 93.4 Å². The minimum absolute atomic E-state index is 0.0537. The van der Waals surface area contributed by atoms with Gasteiger partial charge < -0.3 is 46.6 Å². The van der Waals surface area contributed by atoms with Gasteiger partial charge in [-0.25, -0.2) is 14.6 Å². The van der Waals surface area contributed by atoms with Crippen LogP contribution in [0.2, 0.25) is 0 Å². The Kier molecular flexibility index (Phi) is 19.8. The monoisotopic (exact) mass is 1290 g/mol. The molecule has 0 bridgehead atoms. The average Bonchev–Trinajstić information content (AvgIpc) is 1.23. The van der Waals surface area contributed by atoms with Crippen molar-refractivity contribution in [2.45, 2.75) is 47.0 Å². The predicted octanol–water partition coefficient (Wildman–Crippen LogP) is 8.53. The van der Waals surface area contributed by atoms with Crippen molar-refractivity contribution in [1.82, 2.24) is 73.8 Å². The number of methoxy groups -OCH3 is 4. The number of benzene rings is 6. The molecule has 6 aromatic carbocycles. The fourth-order valence-electron chi connectivity index (χ4n) is 9.70. The minimum Gasteiger partial charge on any atom is -0.496 e. The van der Waals surface area contributed by atoms with E-state index >= 15 is 0 Å². The molecule has 0 saturated carbocycles. The largest absolute Gasteiger partial charge is 0.496 e. The fraction of sp³-hybridized carbons (Fsp3) is 0.162. The number of pyridine rings is 1. The summed E-state index contributed by atoms with van der Waals surface area (Å²) in [4.78, 5) is 89.4. The van der Waals surface area contributed by atoms with E-state index in [2.05, 4.69) is 55.5 Å². The standard InChI is InChI=1S/C18H14N4O4.C18H14N4O3.C17H17N3O3.C15H14N4O3/c1-25-14-9-5-3-7-12(14)16-20-15(26-21-16)10-22-17(23)11-6-2-4-8-13(11)19-18(22)24;1-24-15-9-5-3-7-13(15)17-20-16(25-21-17)10-22-11-19-14-8-4-2-6-12(14)18(22)23;1-11-8-9-20(17(21)12(11)2)10-15-18-16(19-23-15)13-6-4-5-7-14(13)22-3;1-10-7-8-19(15(20)16-10)9-13-17-14(18-22-13)11-5-3-4-6-12(11)21-2/h2-9H,10H2,1H3,(H,19,24);2-9,11H,10H2,1H3;4-9H,10H2,1-3H3;3-8H,9H2,1-2H3. The van der Waals surface area contributed by atoms with E-state index in [0.717, 1.165) is 32.4 Å². The van der Waals surface area contributed by atoms with Gasteiger partial charge in [0.2, 0.25) is 46.9 Å². The second kappa shape index (κ2) is 29.5. The van der Waals surface area contributed by atoms with Gasteiger partial charge in [0, 0.05) is 23.7 Å². The predicted molar refractivity (Wildman–Crippen MR) is 350 cm³/mol. The summed E-state index contributed by atoms with van der Waals surface area (Å²) in [5, 5.41) is 16.8. The van der Waals surface area contributed by atoms with Gasteiger partial charge in [-0.05, 0) is 111 Å². The molecule has 8 heterocycles. The van der Waals surface area contributed by atoms with Crippen LogP contribution in [0.15, 0.2) is 219 Å². The number of ether oxygens (including phenoxy) is 4. The van der Waals surface area contributed by atoms with Gasteiger partial charge in [-0.3, -0.25) is 28.1 Å². The molecule has 96 heavy (non-hydrogen) atoms. The van der Waals surface area contributed by atoms with E-state index in [1.54, 1.807) is 107 Å². The van der Waals surface area contributed by atoms with Crippen LogP contribution in [-0.2, 0) is 26.2 Å². The highest BCUT2D eigenvalue weighted by atomic mass is 16.5. The van der Waals surface area contributed by atoms with Crippen LogP contribution in [0.1, 0.15) is 40.4 Å². The number of hydrogen-bond donors (Lipinski definition) is 1. The molecule has 0 radical (unpaired) electrons. The van der Waals surface area contributed by atoms with Crippen LogP contribution in [0.3, 0.4) is 0 Å². The molecular weight excluding hydrogens is 1230 g/mol. The second-order valence-electron chi connectivity index (χ2n) is 20.9. The normalized spacial score (nSPS) is 10.8. The van der Waals surface area contributed by atoms with Crippen molar-refractivity contribution in [2.75, 3.05) is 28.4 Å². The topological polar surface area (TPSA) is 339 Å². The maximum atomic E-state index is 12.6. The first-order valence-electron chi connectivity index (χ1n) is 29.4. The Morgan fingerprint density at radius 2 is 0.812 bits per heavy atom. The highest BCUT2D eigenvalue weighted by Gasteiger charge is 2.19. The third kappa shape index (κ3) is 14.7. The zero-order valence-electron chi connectivity index (χ0n) is 52.6. The van der Waals surface area contributed by atoms with E-state index in [4.69, 9.17) is 37.0 Å². The Morgan fingerprint density at radius 1 is 0.406 bits per heavy atom. The molecule has 8 aromatic heterocycles. The van der Waals surface area contributed by atoms with Crippen LogP contribution in [-0.4, -0.2) is 102 Å². The molecule has 0 saturated heterocycles. The summed E-state index contributed by atoms with van der Waals surface area (Å²) < 4.78 is 47.6. The number of nitrogens with zero attached hydrogens (tertiary/aromatic N) is 14. The SMILES string of the molecule is COc1ccccc1-c1noc(Cn2c(=O)[nH]c3ccccc3c2=O)n1.COc1ccccc1-c1noc(Cn2ccc(C)c(C)c2=O)n1.COc1ccccc1-c1noc(Cn2ccc(C)nc2=O)n1.COc1ccccc1-c1noc(Cn2cnc3ccccc3c2=O)n1. The van der Waals surface area contributed by atoms with E-state index in [1.165, 1.54) is 15.5 Å². The molecule has 0 unspecified atom stereocenters. The molecule has 1 N–H and O–H groups in total. The van der Waals surface area contributed by atoms with Gasteiger partial charge in [0.25, 0.3) is 16.7 Å². The van der Waals surface area contributed by atoms with E-state index in [0.29, 0.717) is 97.0 Å². The van der Waals surface area contributed by atoms with E-state index in [-0.39, 0.29) is 48.9 Å². The van der Waals surface area contributed by atoms with Gasteiger partial charge in [-0.2, -0.15) is 24.9 Å². The molecule has 484 valence electrons. The lowest BCUT2D eigenvalue weighted by atomic mass is 10.2. The summed E-state index contributed by atoms with van der Waals surface area (Å²) in [6.07, 6.45) is 4.87. The number of nitrogens with one attached hydrogen (secondary N) is 1. The first kappa shape index (κ1) is 64.5. The van der Waals surface area contributed by atoms with Crippen LogP contribution < -0.4 is 47.0 Å². The molecule has 14 rings (SSSR count). The summed E-state index contributed by atoms with van der Waals surface area (Å²) in [6, 6.07) is 47.1. The Bertz CT molecular complexity index is 5370. The number of aromatic nitrogens is 15. The van der Waals surface area contributed by atoms with Crippen molar-refractivity contribution >= 4 is 21.8 Å². The van der Waals surface area contributed by atoms with Gasteiger partial charge >= 0.3 is 11.4 Å². The van der Waals surface area contributed by atoms with Gasteiger partial charge in [-0.15, -0.1) is 0 Å². The van der Waals surface area contributed by atoms with Crippen LogP contribution >= 0.6 is 0 Å². The molecular formula is C68H59N15O13. The Balaban J connectivity index is 0.000000130. The second-order valence-corrected chi connectivity index (χ2v) is 20.9. The summed E-state index contributed by atoms with van der Waals surface area (Å²) in [6.45, 7) is 5.92. The number of hydrogen-bond acceptors (Lipinski definition) is 23. The molecule has 28 heteroatoms. The zero-order valence-corrected chi connectivity index (χ0v) is 52.6. The smallest absolute Gasteiger partial charge is 0.348 e. The van der Waals surface area contributed by atoms with Crippen LogP contribution in [0, 0.1) is 20.8 Å². The molecule has 0 atom stereocenters. The number of aromatic amines is 1. The first-order valence-corrected chi connectivity index (χ1v) is 29.4. The average molecular weight is 1290 g/mol. The number of fused-ring (bicyclic) bond motifs is 2. The molecule has 0 amide bonds. The zero-order chi connectivity index (χ0) is 67.2. The number of rotatable bonds is 16. The minimum atomic E-state index is -0.536. The third-order valence-corrected chi connectivity index (χ3v) is 14.8. The van der Waals surface area contributed by atoms with Crippen LogP contribution in [0.4, 0.5) is 0 Å². The van der Waals surface area contributed by atoms with Crippen molar-refractivity contribution in [3.8, 4) is 68.5 Å². The lowest BCUT2D eigenvalue weighted by molar-refractivity contribution is 0.367. The van der Waals surface area contributed by atoms with Crippen molar-refractivity contribution < 1.29 is 37.0 Å². The molecule has 0 aliphatic carbocycles. The lowest BCUT2D eigenvalue weighted by Crippen LogP contribution is -2.35. The fourth-order valence-corrected chi connectivity index (χ4v) is 9.70. The quantitative estimate of drug-likeness (QED) is 0.0946. The Morgan fingerprint density at radius 3 is 1.29 bits per heavy atom. The van der Waals surface area contributed by atoms with E-state index in [9.17, 15) is 24.0 Å². The molecule has 0 aliphatic heterocycles. The van der Waals surface area contributed by atoms with Crippen molar-refractivity contribution in [3.63, 3.8) is 0 Å². The Labute approximate surface area is 543 Å². The summed E-state index contributed by atoms with van der Waals surface area (Å²) in [7, 11) is 6.31. The Hall–Kier alpha value is -13.0. The van der Waals surface area contributed by atoms with Crippen LogP contribution in [0.25, 0.3) is 67.4 Å². The maximum absolute atomic E-state index is 12.6. The molecule has 28 nitrogen and oxygen atoms in total. The highest BCUT2D eigenvalue weighted by molar-refractivity contribution is 5.78. The van der Waals surface area contributed by atoms with Crippen LogP contribution in [0.5, 0.6) is 23.0 Å². The summed E-state index contributed by atoms with van der Waals surface area (Å²) in [5.41, 5.74) is 4.85. The highest BCUT2D eigenvalue weighted by Crippen LogP contribution is 2.31. The summed E-state index contributed by atoms with van der Waals surface area (Å²) in [5.74, 6) is 5.33.